The second kappa shape index (κ2) is 7.98. The molecule has 120 valence electrons. The van der Waals surface area contributed by atoms with Crippen molar-refractivity contribution in [1.29, 1.82) is 0 Å². The lowest BCUT2D eigenvalue weighted by Gasteiger charge is -2.07. The summed E-state index contributed by atoms with van der Waals surface area (Å²) >= 11 is 0. The minimum absolute atomic E-state index is 0.0778. The lowest BCUT2D eigenvalue weighted by atomic mass is 10.1. The lowest BCUT2D eigenvalue weighted by Crippen LogP contribution is -2.11. The molecule has 2 aromatic carbocycles. The highest BCUT2D eigenvalue weighted by Crippen LogP contribution is 2.15. The summed E-state index contributed by atoms with van der Waals surface area (Å²) in [6, 6.07) is 13.3. The van der Waals surface area contributed by atoms with E-state index in [2.05, 4.69) is 4.74 Å². The van der Waals surface area contributed by atoms with Crippen molar-refractivity contribution in [2.24, 2.45) is 0 Å². The van der Waals surface area contributed by atoms with E-state index in [0.29, 0.717) is 23.5 Å². The molecule has 0 saturated heterocycles. The lowest BCUT2D eigenvalue weighted by molar-refractivity contribution is 0.0600. The summed E-state index contributed by atoms with van der Waals surface area (Å²) in [6.07, 6.45) is 0. The van der Waals surface area contributed by atoms with Gasteiger partial charge < -0.3 is 14.2 Å². The maximum absolute atomic E-state index is 12.1. The van der Waals surface area contributed by atoms with Crippen LogP contribution < -0.4 is 9.47 Å². The molecule has 0 unspecified atom stereocenters. The van der Waals surface area contributed by atoms with E-state index in [0.717, 1.165) is 5.75 Å². The topological polar surface area (TPSA) is 61.8 Å². The largest absolute Gasteiger partial charge is 0.494 e. The van der Waals surface area contributed by atoms with Crippen LogP contribution in [0.3, 0.4) is 0 Å². The first kappa shape index (κ1) is 16.5. The van der Waals surface area contributed by atoms with Gasteiger partial charge in [-0.1, -0.05) is 0 Å². The Kier molecular flexibility index (Phi) is 5.74. The van der Waals surface area contributed by atoms with Crippen molar-refractivity contribution in [2.45, 2.75) is 6.92 Å². The Morgan fingerprint density at radius 3 is 1.87 bits per heavy atom. The summed E-state index contributed by atoms with van der Waals surface area (Å²) in [7, 11) is 1.32. The predicted octanol–water partition coefficient (Wildman–Crippen LogP) is 3.13. The predicted molar refractivity (Wildman–Crippen MR) is 85.2 cm³/mol. The van der Waals surface area contributed by atoms with E-state index in [1.165, 1.54) is 7.11 Å². The van der Waals surface area contributed by atoms with Gasteiger partial charge in [-0.25, -0.2) is 4.79 Å². The second-order valence-electron chi connectivity index (χ2n) is 4.69. The second-order valence-corrected chi connectivity index (χ2v) is 4.69. The Balaban J connectivity index is 1.92. The van der Waals surface area contributed by atoms with E-state index < -0.39 is 5.97 Å². The zero-order chi connectivity index (χ0) is 16.7. The summed E-state index contributed by atoms with van der Waals surface area (Å²) in [5.41, 5.74) is 0.984. The molecule has 5 heteroatoms. The zero-order valence-electron chi connectivity index (χ0n) is 13.1. The smallest absolute Gasteiger partial charge is 0.337 e. The van der Waals surface area contributed by atoms with Crippen molar-refractivity contribution in [1.82, 2.24) is 0 Å². The molecule has 0 N–H and O–H groups in total. The normalized spacial score (nSPS) is 10.0. The number of carbonyl (C=O) groups is 2. The first-order chi connectivity index (χ1) is 11.1. The number of methoxy groups -OCH3 is 1. The first-order valence-electron chi connectivity index (χ1n) is 7.21. The van der Waals surface area contributed by atoms with Crippen LogP contribution in [0.5, 0.6) is 11.5 Å². The van der Waals surface area contributed by atoms with Gasteiger partial charge in [0.2, 0.25) is 0 Å². The van der Waals surface area contributed by atoms with Crippen LogP contribution in [0.25, 0.3) is 0 Å². The van der Waals surface area contributed by atoms with Gasteiger partial charge in [0.25, 0.3) is 0 Å². The van der Waals surface area contributed by atoms with Crippen LogP contribution in [-0.2, 0) is 4.74 Å². The number of ether oxygens (including phenoxy) is 3. The summed E-state index contributed by atoms with van der Waals surface area (Å²) in [5.74, 6) is 0.687. The fraction of sp³-hybridized carbons (Fsp3) is 0.222. The summed E-state index contributed by atoms with van der Waals surface area (Å²) < 4.78 is 15.4. The Labute approximate surface area is 134 Å². The van der Waals surface area contributed by atoms with Crippen molar-refractivity contribution in [3.63, 3.8) is 0 Å². The molecule has 0 spiro atoms. The van der Waals surface area contributed by atoms with Crippen molar-refractivity contribution < 1.29 is 23.8 Å². The van der Waals surface area contributed by atoms with Crippen LogP contribution in [0.1, 0.15) is 27.6 Å². The van der Waals surface area contributed by atoms with Crippen LogP contribution in [0, 0.1) is 0 Å². The number of rotatable bonds is 7. The maximum atomic E-state index is 12.1. The molecule has 0 saturated carbocycles. The minimum Gasteiger partial charge on any atom is -0.494 e. The number of ketones is 1. The van der Waals surface area contributed by atoms with Crippen LogP contribution in [-0.4, -0.2) is 32.1 Å². The summed E-state index contributed by atoms with van der Waals surface area (Å²) in [4.78, 5) is 23.4. The summed E-state index contributed by atoms with van der Waals surface area (Å²) in [6.45, 7) is 2.40. The maximum Gasteiger partial charge on any atom is 0.337 e. The molecule has 0 aliphatic carbocycles. The molecule has 2 rings (SSSR count). The van der Waals surface area contributed by atoms with E-state index in [1.807, 2.05) is 6.92 Å². The molecule has 0 atom stereocenters. The zero-order valence-corrected chi connectivity index (χ0v) is 13.1. The monoisotopic (exact) mass is 314 g/mol. The van der Waals surface area contributed by atoms with Crippen LogP contribution >= 0.6 is 0 Å². The number of esters is 1. The Morgan fingerprint density at radius 1 is 0.826 bits per heavy atom. The summed E-state index contributed by atoms with van der Waals surface area (Å²) in [5, 5.41) is 0. The highest BCUT2D eigenvalue weighted by molar-refractivity contribution is 5.97. The van der Waals surface area contributed by atoms with Crippen molar-refractivity contribution in [2.75, 3.05) is 20.3 Å². The highest BCUT2D eigenvalue weighted by atomic mass is 16.5. The molecule has 23 heavy (non-hydrogen) atoms. The Morgan fingerprint density at radius 2 is 1.35 bits per heavy atom. The molecular formula is C18H18O5. The molecule has 5 nitrogen and oxygen atoms in total. The number of benzene rings is 2. The van der Waals surface area contributed by atoms with Crippen LogP contribution in [0.2, 0.25) is 0 Å². The third kappa shape index (κ3) is 4.57. The van der Waals surface area contributed by atoms with Crippen LogP contribution in [0.15, 0.2) is 48.5 Å². The van der Waals surface area contributed by atoms with Gasteiger partial charge in [-0.15, -0.1) is 0 Å². The van der Waals surface area contributed by atoms with Gasteiger partial charge in [-0.2, -0.15) is 0 Å². The van der Waals surface area contributed by atoms with Crippen molar-refractivity contribution >= 4 is 11.8 Å². The van der Waals surface area contributed by atoms with Gasteiger partial charge in [0, 0.05) is 5.56 Å². The Hall–Kier alpha value is -2.82. The molecule has 0 radical (unpaired) electrons. The molecule has 0 heterocycles. The van der Waals surface area contributed by atoms with E-state index in [9.17, 15) is 9.59 Å². The van der Waals surface area contributed by atoms with Gasteiger partial charge in [-0.3, -0.25) is 4.79 Å². The van der Waals surface area contributed by atoms with E-state index >= 15 is 0 Å². The quantitative estimate of drug-likeness (QED) is 0.580. The van der Waals surface area contributed by atoms with Gasteiger partial charge in [0.1, 0.15) is 11.5 Å². The molecule has 0 aliphatic rings. The number of hydrogen-bond donors (Lipinski definition) is 0. The molecular weight excluding hydrogens is 296 g/mol. The van der Waals surface area contributed by atoms with Crippen LogP contribution in [0.4, 0.5) is 0 Å². The van der Waals surface area contributed by atoms with Gasteiger partial charge in [-0.05, 0) is 55.5 Å². The third-order valence-corrected chi connectivity index (χ3v) is 3.13. The Bertz CT molecular complexity index is 659. The van der Waals surface area contributed by atoms with Gasteiger partial charge >= 0.3 is 5.97 Å². The van der Waals surface area contributed by atoms with Gasteiger partial charge in [0.05, 0.1) is 19.3 Å². The van der Waals surface area contributed by atoms with Crippen molar-refractivity contribution in [3.05, 3.63) is 59.7 Å². The van der Waals surface area contributed by atoms with E-state index in [1.54, 1.807) is 48.5 Å². The molecule has 2 aromatic rings. The molecule has 0 fully saturated rings. The number of hydrogen-bond acceptors (Lipinski definition) is 5. The molecule has 0 aromatic heterocycles. The average Bonchev–Trinajstić information content (AvgIpc) is 2.60. The fourth-order valence-corrected chi connectivity index (χ4v) is 1.94. The third-order valence-electron chi connectivity index (χ3n) is 3.13. The molecule has 0 aliphatic heterocycles. The fourth-order valence-electron chi connectivity index (χ4n) is 1.94. The van der Waals surface area contributed by atoms with Crippen molar-refractivity contribution in [3.8, 4) is 11.5 Å². The van der Waals surface area contributed by atoms with E-state index in [-0.39, 0.29) is 12.4 Å². The standard InChI is InChI=1S/C18H18O5/c1-3-22-15-8-4-13(5-9-15)17(19)12-23-16-10-6-14(7-11-16)18(20)21-2/h4-11H,3,12H2,1-2H3. The molecule has 0 bridgehead atoms. The van der Waals surface area contributed by atoms with Gasteiger partial charge in [0.15, 0.2) is 12.4 Å². The highest BCUT2D eigenvalue weighted by Gasteiger charge is 2.08. The van der Waals surface area contributed by atoms with E-state index in [4.69, 9.17) is 9.47 Å². The average molecular weight is 314 g/mol. The number of Topliss-reactive ketones (excluding diaryl/α,β-unsaturated/α-hetero) is 1. The minimum atomic E-state index is -0.415. The number of carbonyl (C=O) groups excluding carboxylic acids is 2. The molecule has 0 amide bonds. The SMILES string of the molecule is CCOc1ccc(C(=O)COc2ccc(C(=O)OC)cc2)cc1. The first-order valence-corrected chi connectivity index (χ1v) is 7.21.